The Labute approximate surface area is 143 Å². The van der Waals surface area contributed by atoms with Crippen LogP contribution in [0.25, 0.3) is 0 Å². The van der Waals surface area contributed by atoms with Crippen LogP contribution in [0.1, 0.15) is 24.0 Å². The monoisotopic (exact) mass is 327 g/mol. The maximum Gasteiger partial charge on any atom is 0.407 e. The fourth-order valence-electron chi connectivity index (χ4n) is 2.39. The zero-order valence-corrected chi connectivity index (χ0v) is 14.2. The predicted molar refractivity (Wildman–Crippen MR) is 95.4 cm³/mol. The maximum absolute atomic E-state index is 11.6. The molecule has 1 amide bonds. The second-order valence-corrected chi connectivity index (χ2v) is 5.60. The molecule has 2 rings (SSSR count). The third kappa shape index (κ3) is 6.73. The quantitative estimate of drug-likeness (QED) is 0.709. The minimum atomic E-state index is -0.344. The minimum absolute atomic E-state index is 0.344. The molecule has 0 bridgehead atoms. The van der Waals surface area contributed by atoms with Crippen LogP contribution in [0.2, 0.25) is 0 Å². The fraction of sp³-hybridized carbons (Fsp3) is 0.350. The molecular formula is C20H25NO3. The lowest BCUT2D eigenvalue weighted by atomic mass is 10.1. The minimum Gasteiger partial charge on any atom is -0.497 e. The smallest absolute Gasteiger partial charge is 0.407 e. The van der Waals surface area contributed by atoms with Gasteiger partial charge in [0.2, 0.25) is 0 Å². The van der Waals surface area contributed by atoms with Crippen molar-refractivity contribution in [2.24, 2.45) is 0 Å². The number of carbonyl (C=O) groups is 1. The number of rotatable bonds is 9. The SMILES string of the molecule is COc1ccc(CCNC(=O)OCCCCc2ccccc2)cc1. The molecule has 0 spiro atoms. The van der Waals surface area contributed by atoms with Crippen LogP contribution in [0, 0.1) is 0 Å². The van der Waals surface area contributed by atoms with Gasteiger partial charge in [-0.2, -0.15) is 0 Å². The summed E-state index contributed by atoms with van der Waals surface area (Å²) in [6.45, 7) is 1.02. The number of nitrogens with one attached hydrogen (secondary N) is 1. The molecule has 0 heterocycles. The van der Waals surface area contributed by atoms with Crippen LogP contribution in [0.5, 0.6) is 5.75 Å². The van der Waals surface area contributed by atoms with Crippen LogP contribution >= 0.6 is 0 Å². The number of amides is 1. The molecule has 0 atom stereocenters. The van der Waals surface area contributed by atoms with Crippen LogP contribution in [-0.2, 0) is 17.6 Å². The van der Waals surface area contributed by atoms with Gasteiger partial charge in [0, 0.05) is 6.54 Å². The van der Waals surface area contributed by atoms with Crippen molar-refractivity contribution < 1.29 is 14.3 Å². The fourth-order valence-corrected chi connectivity index (χ4v) is 2.39. The molecule has 0 aliphatic carbocycles. The number of ether oxygens (including phenoxy) is 2. The first-order chi connectivity index (χ1) is 11.8. The number of alkyl carbamates (subject to hydrolysis) is 1. The van der Waals surface area contributed by atoms with Gasteiger partial charge in [-0.15, -0.1) is 0 Å². The maximum atomic E-state index is 11.6. The van der Waals surface area contributed by atoms with Crippen LogP contribution in [-0.4, -0.2) is 26.4 Å². The van der Waals surface area contributed by atoms with Gasteiger partial charge in [-0.25, -0.2) is 4.79 Å². The van der Waals surface area contributed by atoms with E-state index in [1.807, 2.05) is 42.5 Å². The molecule has 0 unspecified atom stereocenters. The van der Waals surface area contributed by atoms with Gasteiger partial charge in [0.05, 0.1) is 13.7 Å². The Bertz CT molecular complexity index is 596. The molecule has 1 N–H and O–H groups in total. The van der Waals surface area contributed by atoms with Crippen molar-refractivity contribution in [1.29, 1.82) is 0 Å². The number of methoxy groups -OCH3 is 1. The Kier molecular flexibility index (Phi) is 7.68. The lowest BCUT2D eigenvalue weighted by molar-refractivity contribution is 0.144. The average molecular weight is 327 g/mol. The van der Waals surface area contributed by atoms with Gasteiger partial charge in [0.25, 0.3) is 0 Å². The van der Waals surface area contributed by atoms with E-state index < -0.39 is 0 Å². The first kappa shape index (κ1) is 17.9. The molecule has 0 fully saturated rings. The lowest BCUT2D eigenvalue weighted by Crippen LogP contribution is -2.26. The van der Waals surface area contributed by atoms with E-state index in [-0.39, 0.29) is 6.09 Å². The van der Waals surface area contributed by atoms with Crippen molar-refractivity contribution in [3.05, 3.63) is 65.7 Å². The molecule has 0 aliphatic heterocycles. The molecule has 24 heavy (non-hydrogen) atoms. The summed E-state index contributed by atoms with van der Waals surface area (Å²) < 4.78 is 10.3. The zero-order chi connectivity index (χ0) is 17.0. The van der Waals surface area contributed by atoms with E-state index in [1.54, 1.807) is 7.11 Å². The van der Waals surface area contributed by atoms with Crippen molar-refractivity contribution in [3.8, 4) is 5.75 Å². The van der Waals surface area contributed by atoms with Gasteiger partial charge < -0.3 is 14.8 Å². The molecule has 4 heteroatoms. The van der Waals surface area contributed by atoms with E-state index in [0.29, 0.717) is 13.2 Å². The van der Waals surface area contributed by atoms with Gasteiger partial charge in [0.1, 0.15) is 5.75 Å². The van der Waals surface area contributed by atoms with E-state index in [9.17, 15) is 4.79 Å². The number of carbonyl (C=O) groups excluding carboxylic acids is 1. The van der Waals surface area contributed by atoms with Crippen molar-refractivity contribution >= 4 is 6.09 Å². The average Bonchev–Trinajstić information content (AvgIpc) is 2.63. The van der Waals surface area contributed by atoms with E-state index in [1.165, 1.54) is 5.56 Å². The number of aryl methyl sites for hydroxylation is 1. The van der Waals surface area contributed by atoms with Crippen molar-refractivity contribution in [2.45, 2.75) is 25.7 Å². The summed E-state index contributed by atoms with van der Waals surface area (Å²) in [5.41, 5.74) is 2.47. The summed E-state index contributed by atoms with van der Waals surface area (Å²) in [7, 11) is 1.65. The third-order valence-electron chi connectivity index (χ3n) is 3.78. The molecule has 4 nitrogen and oxygen atoms in total. The molecular weight excluding hydrogens is 302 g/mol. The largest absolute Gasteiger partial charge is 0.497 e. The van der Waals surface area contributed by atoms with Crippen molar-refractivity contribution in [3.63, 3.8) is 0 Å². The highest BCUT2D eigenvalue weighted by molar-refractivity contribution is 5.67. The Morgan fingerprint density at radius 2 is 1.62 bits per heavy atom. The Balaban J connectivity index is 1.51. The summed E-state index contributed by atoms with van der Waals surface area (Å²) in [5, 5.41) is 2.78. The molecule has 0 aromatic heterocycles. The van der Waals surface area contributed by atoms with Crippen molar-refractivity contribution in [1.82, 2.24) is 5.32 Å². The molecule has 128 valence electrons. The highest BCUT2D eigenvalue weighted by Gasteiger charge is 2.02. The van der Waals surface area contributed by atoms with Gasteiger partial charge in [-0.05, 0) is 48.9 Å². The molecule has 0 saturated carbocycles. The Morgan fingerprint density at radius 3 is 2.33 bits per heavy atom. The highest BCUT2D eigenvalue weighted by Crippen LogP contribution is 2.11. The Morgan fingerprint density at radius 1 is 0.917 bits per heavy atom. The number of benzene rings is 2. The third-order valence-corrected chi connectivity index (χ3v) is 3.78. The molecule has 0 saturated heterocycles. The first-order valence-electron chi connectivity index (χ1n) is 8.35. The lowest BCUT2D eigenvalue weighted by Gasteiger charge is -2.07. The van der Waals surface area contributed by atoms with E-state index >= 15 is 0 Å². The first-order valence-corrected chi connectivity index (χ1v) is 8.35. The number of hydrogen-bond donors (Lipinski definition) is 1. The van der Waals surface area contributed by atoms with Gasteiger partial charge >= 0.3 is 6.09 Å². The van der Waals surface area contributed by atoms with Gasteiger partial charge in [-0.1, -0.05) is 42.5 Å². The second kappa shape index (κ2) is 10.3. The Hall–Kier alpha value is -2.49. The number of unbranched alkanes of at least 4 members (excludes halogenated alkanes) is 1. The normalized spacial score (nSPS) is 10.2. The summed E-state index contributed by atoms with van der Waals surface area (Å²) >= 11 is 0. The second-order valence-electron chi connectivity index (χ2n) is 5.60. The van der Waals surface area contributed by atoms with Gasteiger partial charge in [-0.3, -0.25) is 0 Å². The van der Waals surface area contributed by atoms with E-state index in [4.69, 9.17) is 9.47 Å². The standard InChI is InChI=1S/C20H25NO3/c1-23-19-12-10-18(11-13-19)14-15-21-20(22)24-16-6-5-9-17-7-3-2-4-8-17/h2-4,7-8,10-13H,5-6,9,14-16H2,1H3,(H,21,22). The van der Waals surface area contributed by atoms with E-state index in [2.05, 4.69) is 17.4 Å². The predicted octanol–water partition coefficient (Wildman–Crippen LogP) is 3.99. The van der Waals surface area contributed by atoms with Gasteiger partial charge in [0.15, 0.2) is 0 Å². The number of hydrogen-bond acceptors (Lipinski definition) is 3. The van der Waals surface area contributed by atoms with Crippen LogP contribution in [0.4, 0.5) is 4.79 Å². The summed E-state index contributed by atoms with van der Waals surface area (Å²) in [6.07, 6.45) is 3.34. The molecule has 2 aromatic rings. The highest BCUT2D eigenvalue weighted by atomic mass is 16.5. The van der Waals surface area contributed by atoms with Crippen LogP contribution in [0.15, 0.2) is 54.6 Å². The van der Waals surface area contributed by atoms with Crippen molar-refractivity contribution in [2.75, 3.05) is 20.3 Å². The summed E-state index contributed by atoms with van der Waals surface area (Å²) in [6, 6.07) is 18.2. The zero-order valence-electron chi connectivity index (χ0n) is 14.2. The van der Waals surface area contributed by atoms with E-state index in [0.717, 1.165) is 37.0 Å². The molecule has 0 aliphatic rings. The molecule has 0 radical (unpaired) electrons. The molecule has 2 aromatic carbocycles. The topological polar surface area (TPSA) is 47.6 Å². The van der Waals surface area contributed by atoms with Crippen LogP contribution < -0.4 is 10.1 Å². The summed E-state index contributed by atoms with van der Waals surface area (Å²) in [5.74, 6) is 0.835. The summed E-state index contributed by atoms with van der Waals surface area (Å²) in [4.78, 5) is 11.6. The van der Waals surface area contributed by atoms with Crippen LogP contribution in [0.3, 0.4) is 0 Å².